The average Bonchev–Trinajstić information content (AvgIpc) is 3.29. The van der Waals surface area contributed by atoms with Gasteiger partial charge in [0.2, 0.25) is 0 Å². The standard InChI is InChI=1S/C18H22N6O/c1-12(2)24-11-20-22-17(24)14-6-9-23(10-7-14)18(25)15-4-3-13-5-8-19-16(13)21-15/h3-5,8,11-12,14H,6-7,9-10H2,1-2H3,(H,19,21). The molecule has 1 fully saturated rings. The van der Waals surface area contributed by atoms with Crippen molar-refractivity contribution in [3.05, 3.63) is 42.2 Å². The number of rotatable bonds is 3. The number of nitrogens with one attached hydrogen (secondary N) is 1. The second kappa shape index (κ2) is 6.31. The van der Waals surface area contributed by atoms with E-state index in [1.54, 1.807) is 12.4 Å². The van der Waals surface area contributed by atoms with Gasteiger partial charge in [-0.05, 0) is 44.9 Å². The second-order valence-electron chi connectivity index (χ2n) is 6.87. The van der Waals surface area contributed by atoms with E-state index in [-0.39, 0.29) is 5.91 Å². The molecule has 1 N–H and O–H groups in total. The Morgan fingerprint density at radius 1 is 1.24 bits per heavy atom. The van der Waals surface area contributed by atoms with Gasteiger partial charge in [-0.25, -0.2) is 4.98 Å². The zero-order chi connectivity index (χ0) is 17.4. The SMILES string of the molecule is CC(C)n1cnnc1C1CCN(C(=O)c2ccc3cc[nH]c3n2)CC1. The van der Waals surface area contributed by atoms with Crippen molar-refractivity contribution in [1.82, 2.24) is 29.6 Å². The quantitative estimate of drug-likeness (QED) is 0.796. The van der Waals surface area contributed by atoms with E-state index >= 15 is 0 Å². The van der Waals surface area contributed by atoms with E-state index < -0.39 is 0 Å². The van der Waals surface area contributed by atoms with Crippen molar-refractivity contribution in [2.45, 2.75) is 38.6 Å². The number of piperidine rings is 1. The summed E-state index contributed by atoms with van der Waals surface area (Å²) in [5, 5.41) is 9.39. The van der Waals surface area contributed by atoms with Crippen molar-refractivity contribution in [2.75, 3.05) is 13.1 Å². The highest BCUT2D eigenvalue weighted by Gasteiger charge is 2.28. The molecular formula is C18H22N6O. The lowest BCUT2D eigenvalue weighted by Gasteiger charge is -2.31. The first-order valence-electron chi connectivity index (χ1n) is 8.76. The summed E-state index contributed by atoms with van der Waals surface area (Å²) in [4.78, 5) is 22.1. The minimum Gasteiger partial charge on any atom is -0.346 e. The first kappa shape index (κ1) is 15.8. The highest BCUT2D eigenvalue weighted by molar-refractivity contribution is 5.94. The highest BCUT2D eigenvalue weighted by Crippen LogP contribution is 2.28. The van der Waals surface area contributed by atoms with Crippen molar-refractivity contribution in [3.8, 4) is 0 Å². The number of fused-ring (bicyclic) bond motifs is 1. The van der Waals surface area contributed by atoms with Crippen LogP contribution in [0.2, 0.25) is 0 Å². The Morgan fingerprint density at radius 3 is 2.80 bits per heavy atom. The third kappa shape index (κ3) is 2.90. The van der Waals surface area contributed by atoms with E-state index in [4.69, 9.17) is 0 Å². The zero-order valence-electron chi connectivity index (χ0n) is 14.5. The van der Waals surface area contributed by atoms with Gasteiger partial charge in [-0.3, -0.25) is 4.79 Å². The molecular weight excluding hydrogens is 316 g/mol. The van der Waals surface area contributed by atoms with Crippen molar-refractivity contribution in [2.24, 2.45) is 0 Å². The molecule has 7 nitrogen and oxygen atoms in total. The molecule has 4 heterocycles. The Morgan fingerprint density at radius 2 is 2.04 bits per heavy atom. The Labute approximate surface area is 146 Å². The van der Waals surface area contributed by atoms with Gasteiger partial charge in [0.15, 0.2) is 0 Å². The van der Waals surface area contributed by atoms with E-state index in [1.165, 1.54) is 0 Å². The Balaban J connectivity index is 1.46. The monoisotopic (exact) mass is 338 g/mol. The van der Waals surface area contributed by atoms with Gasteiger partial charge in [0.25, 0.3) is 5.91 Å². The number of nitrogens with zero attached hydrogens (tertiary/aromatic N) is 5. The highest BCUT2D eigenvalue weighted by atomic mass is 16.2. The van der Waals surface area contributed by atoms with Crippen LogP contribution in [-0.4, -0.2) is 48.6 Å². The van der Waals surface area contributed by atoms with Crippen molar-refractivity contribution < 1.29 is 4.79 Å². The zero-order valence-corrected chi connectivity index (χ0v) is 14.5. The Kier molecular flexibility index (Phi) is 3.99. The first-order valence-corrected chi connectivity index (χ1v) is 8.76. The van der Waals surface area contributed by atoms with Gasteiger partial charge in [-0.1, -0.05) is 0 Å². The van der Waals surface area contributed by atoms with Crippen LogP contribution in [0.1, 0.15) is 55.0 Å². The van der Waals surface area contributed by atoms with Crippen molar-refractivity contribution in [3.63, 3.8) is 0 Å². The largest absolute Gasteiger partial charge is 0.346 e. The number of H-pyrrole nitrogens is 1. The van der Waals surface area contributed by atoms with Crippen LogP contribution < -0.4 is 0 Å². The fraction of sp³-hybridized carbons (Fsp3) is 0.444. The molecule has 130 valence electrons. The predicted molar refractivity (Wildman–Crippen MR) is 94.4 cm³/mol. The number of amides is 1. The smallest absolute Gasteiger partial charge is 0.272 e. The fourth-order valence-electron chi connectivity index (χ4n) is 3.49. The van der Waals surface area contributed by atoms with Gasteiger partial charge in [0.1, 0.15) is 23.5 Å². The number of pyridine rings is 1. The first-order chi connectivity index (χ1) is 12.1. The average molecular weight is 338 g/mol. The van der Waals surface area contributed by atoms with E-state index in [0.29, 0.717) is 17.7 Å². The van der Waals surface area contributed by atoms with Crippen LogP contribution >= 0.6 is 0 Å². The molecule has 1 aliphatic rings. The normalized spacial score (nSPS) is 16.0. The summed E-state index contributed by atoms with van der Waals surface area (Å²) in [6.45, 7) is 5.71. The van der Waals surface area contributed by atoms with Crippen LogP contribution in [0.15, 0.2) is 30.7 Å². The molecule has 3 aromatic heterocycles. The summed E-state index contributed by atoms with van der Waals surface area (Å²) in [6.07, 6.45) is 5.44. The van der Waals surface area contributed by atoms with E-state index in [1.807, 2.05) is 23.2 Å². The van der Waals surface area contributed by atoms with Gasteiger partial charge in [-0.2, -0.15) is 0 Å². The van der Waals surface area contributed by atoms with Gasteiger partial charge in [0, 0.05) is 36.6 Å². The third-order valence-electron chi connectivity index (χ3n) is 4.93. The topological polar surface area (TPSA) is 79.7 Å². The van der Waals surface area contributed by atoms with Crippen molar-refractivity contribution in [1.29, 1.82) is 0 Å². The number of carbonyl (C=O) groups is 1. The second-order valence-corrected chi connectivity index (χ2v) is 6.87. The summed E-state index contributed by atoms with van der Waals surface area (Å²) in [7, 11) is 0. The molecule has 0 bridgehead atoms. The molecule has 0 spiro atoms. The maximum Gasteiger partial charge on any atom is 0.272 e. The summed E-state index contributed by atoms with van der Waals surface area (Å²) >= 11 is 0. The fourth-order valence-corrected chi connectivity index (χ4v) is 3.49. The van der Waals surface area contributed by atoms with Gasteiger partial charge in [-0.15, -0.1) is 10.2 Å². The van der Waals surface area contributed by atoms with Crippen molar-refractivity contribution >= 4 is 16.9 Å². The minimum absolute atomic E-state index is 0.000256. The molecule has 0 aromatic carbocycles. The number of aromatic amines is 1. The van der Waals surface area contributed by atoms with Gasteiger partial charge in [0.05, 0.1) is 0 Å². The van der Waals surface area contributed by atoms with Crippen LogP contribution in [-0.2, 0) is 0 Å². The van der Waals surface area contributed by atoms with Gasteiger partial charge < -0.3 is 14.5 Å². The minimum atomic E-state index is 0.000256. The maximum atomic E-state index is 12.7. The Hall–Kier alpha value is -2.70. The number of carbonyl (C=O) groups excluding carboxylic acids is 1. The molecule has 25 heavy (non-hydrogen) atoms. The van der Waals surface area contributed by atoms with Crippen LogP contribution in [0.4, 0.5) is 0 Å². The van der Waals surface area contributed by atoms with E-state index in [2.05, 4.69) is 38.6 Å². The molecule has 4 rings (SSSR count). The molecule has 3 aromatic rings. The molecule has 1 aliphatic heterocycles. The molecule has 7 heteroatoms. The molecule has 1 saturated heterocycles. The third-order valence-corrected chi connectivity index (χ3v) is 4.93. The maximum absolute atomic E-state index is 12.7. The number of hydrogen-bond acceptors (Lipinski definition) is 4. The van der Waals surface area contributed by atoms with E-state index in [9.17, 15) is 4.79 Å². The summed E-state index contributed by atoms with van der Waals surface area (Å²) in [5.74, 6) is 1.39. The predicted octanol–water partition coefficient (Wildman–Crippen LogP) is 2.76. The molecule has 0 atom stereocenters. The lowest BCUT2D eigenvalue weighted by atomic mass is 9.95. The summed E-state index contributed by atoms with van der Waals surface area (Å²) < 4.78 is 2.13. The van der Waals surface area contributed by atoms with Crippen LogP contribution in [0.3, 0.4) is 0 Å². The number of hydrogen-bond donors (Lipinski definition) is 1. The molecule has 0 aliphatic carbocycles. The lowest BCUT2D eigenvalue weighted by molar-refractivity contribution is 0.0704. The lowest BCUT2D eigenvalue weighted by Crippen LogP contribution is -2.38. The number of likely N-dealkylation sites (tertiary alicyclic amines) is 1. The van der Waals surface area contributed by atoms with Crippen LogP contribution in [0, 0.1) is 0 Å². The van der Waals surface area contributed by atoms with Crippen LogP contribution in [0.25, 0.3) is 11.0 Å². The number of aromatic nitrogens is 5. The van der Waals surface area contributed by atoms with Gasteiger partial charge >= 0.3 is 0 Å². The molecule has 0 radical (unpaired) electrons. The van der Waals surface area contributed by atoms with E-state index in [0.717, 1.165) is 42.8 Å². The molecule has 0 unspecified atom stereocenters. The molecule has 0 saturated carbocycles. The Bertz CT molecular complexity index is 888. The van der Waals surface area contributed by atoms with Crippen LogP contribution in [0.5, 0.6) is 0 Å². The summed E-state index contributed by atoms with van der Waals surface area (Å²) in [5.41, 5.74) is 1.25. The summed E-state index contributed by atoms with van der Waals surface area (Å²) in [6, 6.07) is 6.04. The molecule has 1 amide bonds.